The second-order valence-corrected chi connectivity index (χ2v) is 8.10. The number of hydrogen-bond donors (Lipinski definition) is 2. The van der Waals surface area contributed by atoms with Crippen LogP contribution in [0.3, 0.4) is 0 Å². The molecule has 21 heteroatoms. The number of nitrogens with zero attached hydrogens (tertiary/aromatic N) is 2. The predicted octanol–water partition coefficient (Wildman–Crippen LogP) is -17.4. The van der Waals surface area contributed by atoms with Crippen molar-refractivity contribution in [3.05, 3.63) is 0 Å². The van der Waals surface area contributed by atoms with Crippen LogP contribution in [0.5, 0.6) is 0 Å². The van der Waals surface area contributed by atoms with Crippen LogP contribution in [0.4, 0.5) is 0 Å². The summed E-state index contributed by atoms with van der Waals surface area (Å²) in [4.78, 5) is 85.3. The first-order valence-electron chi connectivity index (χ1n) is 11.1. The molecule has 0 amide bonds. The van der Waals surface area contributed by atoms with E-state index in [1.807, 2.05) is 0 Å². The van der Waals surface area contributed by atoms with Crippen LogP contribution in [0.2, 0.25) is 0 Å². The van der Waals surface area contributed by atoms with E-state index < -0.39 is 100 Å². The Morgan fingerprint density at radius 2 is 0.595 bits per heavy atom. The van der Waals surface area contributed by atoms with E-state index in [0.29, 0.717) is 0 Å². The summed E-state index contributed by atoms with van der Waals surface area (Å²) in [6.07, 6.45) is 0. The molecule has 0 bridgehead atoms. The van der Waals surface area contributed by atoms with Gasteiger partial charge in [0.05, 0.1) is 47.8 Å². The van der Waals surface area contributed by atoms with Crippen molar-refractivity contribution in [2.24, 2.45) is 0 Å². The SMILES string of the molecule is C.O=C([O-])CN(CCN(CC(=O)[O-])CC(=O)[O-])CC(=O)[O-].O=C([O-])C[NH+](CC[NH+](CC(=O)[O-])CC(=O)[O-])CC(=O)[O-].[Ca+2]. The number of quaternary nitrogens is 2. The number of nitrogens with one attached hydrogen (secondary N) is 2. The predicted molar refractivity (Wildman–Crippen MR) is 117 cm³/mol. The summed E-state index contributed by atoms with van der Waals surface area (Å²) < 4.78 is 0. The Labute approximate surface area is 269 Å². The molecule has 0 saturated heterocycles. The second kappa shape index (κ2) is 25.6. The molecule has 0 aromatic carbocycles. The summed E-state index contributed by atoms with van der Waals surface area (Å²) in [6, 6.07) is 0. The zero-order chi connectivity index (χ0) is 31.4. The van der Waals surface area contributed by atoms with Crippen molar-refractivity contribution in [2.45, 2.75) is 7.43 Å². The Morgan fingerprint density at radius 1 is 0.405 bits per heavy atom. The molecule has 0 spiro atoms. The van der Waals surface area contributed by atoms with Crippen LogP contribution in [0.1, 0.15) is 7.43 Å². The minimum absolute atomic E-state index is 0. The third kappa shape index (κ3) is 31.4. The minimum atomic E-state index is -1.53. The van der Waals surface area contributed by atoms with Gasteiger partial charge in [0.1, 0.15) is 39.3 Å². The number of carboxylic acid groups (broad SMARTS) is 8. The maximum Gasteiger partial charge on any atom is 2.00 e. The molecule has 0 rings (SSSR count). The first-order valence-corrected chi connectivity index (χ1v) is 11.1. The average molecular weight is 635 g/mol. The van der Waals surface area contributed by atoms with Gasteiger partial charge in [0.25, 0.3) is 0 Å². The fraction of sp³-hybridized carbons (Fsp3) is 0.619. The number of carbonyl (C=O) groups excluding carboxylic acids is 8. The van der Waals surface area contributed by atoms with E-state index in [-0.39, 0.29) is 81.1 Å². The molecule has 2 N–H and O–H groups in total. The average Bonchev–Trinajstić information content (AvgIpc) is 2.72. The molecule has 236 valence electrons. The molecule has 0 radical (unpaired) electrons. The van der Waals surface area contributed by atoms with Gasteiger partial charge in [-0.15, -0.1) is 0 Å². The van der Waals surface area contributed by atoms with Gasteiger partial charge in [0, 0.05) is 39.3 Å². The number of carboxylic acids is 8. The van der Waals surface area contributed by atoms with Crippen LogP contribution in [0.15, 0.2) is 0 Å². The van der Waals surface area contributed by atoms with E-state index in [1.54, 1.807) is 0 Å². The standard InChI is InChI=1S/2C10H16N2O8.CH4.Ca/c2*13-7(14)3-11(4-8(15)16)1-2-12(5-9(17)18)6-10(19)20;;/h2*1-6H2,(H,13,14)(H,15,16)(H,17,18)(H,19,20);1H4;/q;;;+2/p-6. The van der Waals surface area contributed by atoms with Crippen molar-refractivity contribution in [2.75, 3.05) is 78.5 Å². The molecular weight excluding hydrogens is 604 g/mol. The number of hydrogen-bond acceptors (Lipinski definition) is 18. The summed E-state index contributed by atoms with van der Waals surface area (Å²) in [5.74, 6) is -12.1. The van der Waals surface area contributed by atoms with Crippen molar-refractivity contribution in [1.82, 2.24) is 9.80 Å². The molecule has 0 aromatic heterocycles. The Balaban J connectivity index is -0.000000328. The van der Waals surface area contributed by atoms with Crippen molar-refractivity contribution in [3.63, 3.8) is 0 Å². The maximum atomic E-state index is 10.4. The van der Waals surface area contributed by atoms with E-state index in [9.17, 15) is 79.2 Å². The molecule has 0 saturated carbocycles. The van der Waals surface area contributed by atoms with Crippen molar-refractivity contribution >= 4 is 85.5 Å². The summed E-state index contributed by atoms with van der Waals surface area (Å²) >= 11 is 0. The van der Waals surface area contributed by atoms with E-state index in [1.165, 1.54) is 0 Å². The van der Waals surface area contributed by atoms with E-state index in [2.05, 4.69) is 0 Å². The second-order valence-electron chi connectivity index (χ2n) is 8.10. The van der Waals surface area contributed by atoms with Gasteiger partial charge in [-0.1, -0.05) is 7.43 Å². The molecule has 42 heavy (non-hydrogen) atoms. The number of carbonyl (C=O) groups is 8. The molecule has 0 heterocycles. The minimum Gasteiger partial charge on any atom is -0.549 e. The van der Waals surface area contributed by atoms with Crippen LogP contribution in [0.25, 0.3) is 0 Å². The first-order chi connectivity index (χ1) is 18.4. The molecular formula is C21H30CaN4O16-4. The van der Waals surface area contributed by atoms with Crippen LogP contribution in [0, 0.1) is 0 Å². The van der Waals surface area contributed by atoms with Crippen molar-refractivity contribution in [3.8, 4) is 0 Å². The molecule has 0 aliphatic heterocycles. The summed E-state index contributed by atoms with van der Waals surface area (Å²) in [6.45, 7) is -5.87. The van der Waals surface area contributed by atoms with Gasteiger partial charge in [-0.3, -0.25) is 9.80 Å². The van der Waals surface area contributed by atoms with Crippen LogP contribution >= 0.6 is 0 Å². The Morgan fingerprint density at radius 3 is 0.738 bits per heavy atom. The zero-order valence-electron chi connectivity index (χ0n) is 21.6. The monoisotopic (exact) mass is 634 g/mol. The third-order valence-corrected chi connectivity index (χ3v) is 4.55. The molecule has 0 fully saturated rings. The van der Waals surface area contributed by atoms with Gasteiger partial charge < -0.3 is 89.0 Å². The summed E-state index contributed by atoms with van der Waals surface area (Å²) in [5.41, 5.74) is 0. The maximum absolute atomic E-state index is 10.4. The normalized spacial score (nSPS) is 10.2. The van der Waals surface area contributed by atoms with Gasteiger partial charge in [-0.25, -0.2) is 0 Å². The van der Waals surface area contributed by atoms with Crippen LogP contribution < -0.4 is 50.7 Å². The quantitative estimate of drug-likeness (QED) is 0.104. The van der Waals surface area contributed by atoms with Gasteiger partial charge in [-0.2, -0.15) is 0 Å². The molecule has 0 aliphatic rings. The topological polar surface area (TPSA) is 336 Å². The largest absolute Gasteiger partial charge is 2.00 e. The fourth-order valence-electron chi connectivity index (χ4n) is 3.09. The molecule has 0 unspecified atom stereocenters. The zero-order valence-corrected chi connectivity index (χ0v) is 23.8. The Bertz CT molecular complexity index is 711. The number of rotatable bonds is 22. The van der Waals surface area contributed by atoms with Gasteiger partial charge in [-0.05, 0) is 0 Å². The molecule has 0 aromatic rings. The molecule has 20 nitrogen and oxygen atoms in total. The van der Waals surface area contributed by atoms with Gasteiger partial charge >= 0.3 is 37.7 Å². The fourth-order valence-corrected chi connectivity index (χ4v) is 3.09. The van der Waals surface area contributed by atoms with Gasteiger partial charge in [0.15, 0.2) is 0 Å². The van der Waals surface area contributed by atoms with E-state index in [4.69, 9.17) is 0 Å². The Kier molecular flexibility index (Phi) is 27.9. The third-order valence-electron chi connectivity index (χ3n) is 4.55. The van der Waals surface area contributed by atoms with E-state index in [0.717, 1.165) is 9.80 Å². The Hall–Kier alpha value is -3.14. The number of aliphatic carboxylic acids is 8. The first kappa shape index (κ1) is 45.8. The van der Waals surface area contributed by atoms with Crippen LogP contribution in [-0.4, -0.2) is 174 Å². The molecule has 0 aliphatic carbocycles. The van der Waals surface area contributed by atoms with Crippen molar-refractivity contribution in [1.29, 1.82) is 0 Å². The van der Waals surface area contributed by atoms with Gasteiger partial charge in [0.2, 0.25) is 0 Å². The molecule has 0 atom stereocenters. The smallest absolute Gasteiger partial charge is 0.549 e. The van der Waals surface area contributed by atoms with Crippen LogP contribution in [-0.2, 0) is 38.4 Å². The van der Waals surface area contributed by atoms with E-state index >= 15 is 0 Å². The van der Waals surface area contributed by atoms with Crippen molar-refractivity contribution < 1.29 is 89.0 Å². The summed E-state index contributed by atoms with van der Waals surface area (Å²) in [7, 11) is 0. The summed E-state index contributed by atoms with van der Waals surface area (Å²) in [5, 5.41) is 83.3.